The molecule has 2 bridgehead atoms. The van der Waals surface area contributed by atoms with Crippen LogP contribution in [0.3, 0.4) is 0 Å². The van der Waals surface area contributed by atoms with Gasteiger partial charge in [-0.25, -0.2) is 0 Å². The number of carbonyl (C=O) groups is 1. The molecule has 0 amide bonds. The Morgan fingerprint density at radius 2 is 2.05 bits per heavy atom. The molecular formula is C16H24O3. The molecule has 3 nitrogen and oxygen atoms in total. The lowest BCUT2D eigenvalue weighted by Crippen LogP contribution is -2.50. The van der Waals surface area contributed by atoms with Crippen LogP contribution in [0, 0.1) is 23.2 Å². The van der Waals surface area contributed by atoms with E-state index in [1.165, 1.54) is 26.4 Å². The van der Waals surface area contributed by atoms with E-state index in [0.717, 1.165) is 25.7 Å². The van der Waals surface area contributed by atoms with E-state index in [2.05, 4.69) is 12.2 Å². The molecule has 3 rings (SSSR count). The Morgan fingerprint density at radius 3 is 2.58 bits per heavy atom. The van der Waals surface area contributed by atoms with E-state index in [0.29, 0.717) is 5.92 Å². The number of rotatable bonds is 3. The Bertz CT molecular complexity index is 383. The summed E-state index contributed by atoms with van der Waals surface area (Å²) >= 11 is 0. The molecule has 0 unspecified atom stereocenters. The number of carbonyl (C=O) groups excluding carboxylic acids is 1. The lowest BCUT2D eigenvalue weighted by molar-refractivity contribution is -0.167. The third-order valence-corrected chi connectivity index (χ3v) is 5.62. The number of hydrogen-bond acceptors (Lipinski definition) is 3. The minimum absolute atomic E-state index is 0.182. The van der Waals surface area contributed by atoms with E-state index >= 15 is 0 Å². The minimum atomic E-state index is -0.657. The van der Waals surface area contributed by atoms with E-state index in [1.807, 2.05) is 0 Å². The molecule has 2 saturated carbocycles. The average Bonchev–Trinajstić information content (AvgIpc) is 3.07. The van der Waals surface area contributed by atoms with Crippen molar-refractivity contribution in [1.82, 2.24) is 0 Å². The smallest absolute Gasteiger partial charge is 0.315 e. The highest BCUT2D eigenvalue weighted by Crippen LogP contribution is 2.56. The lowest BCUT2D eigenvalue weighted by atomic mass is 9.65. The molecule has 0 aromatic carbocycles. The number of fused-ring (bicyclic) bond motifs is 2. The predicted molar refractivity (Wildman–Crippen MR) is 72.4 cm³/mol. The fraction of sp³-hybridized carbons (Fsp3) is 0.812. The van der Waals surface area contributed by atoms with Crippen molar-refractivity contribution >= 4 is 5.97 Å². The van der Waals surface area contributed by atoms with Gasteiger partial charge in [0.2, 0.25) is 0 Å². The van der Waals surface area contributed by atoms with Gasteiger partial charge in [-0.2, -0.15) is 0 Å². The highest BCUT2D eigenvalue weighted by Gasteiger charge is 2.59. The summed E-state index contributed by atoms with van der Waals surface area (Å²) in [7, 11) is 1.45. The lowest BCUT2D eigenvalue weighted by Gasteiger charge is -2.41. The van der Waals surface area contributed by atoms with Crippen LogP contribution in [0.4, 0.5) is 0 Å². The molecule has 0 aromatic rings. The largest absolute Gasteiger partial charge is 0.468 e. The second-order valence-corrected chi connectivity index (χ2v) is 6.57. The first-order valence-electron chi connectivity index (χ1n) is 7.63. The van der Waals surface area contributed by atoms with E-state index in [-0.39, 0.29) is 17.8 Å². The molecule has 106 valence electrons. The number of aliphatic hydroxyl groups excluding tert-OH is 1. The van der Waals surface area contributed by atoms with E-state index in [9.17, 15) is 9.90 Å². The first-order valence-corrected chi connectivity index (χ1v) is 7.63. The van der Waals surface area contributed by atoms with E-state index in [4.69, 9.17) is 4.74 Å². The summed E-state index contributed by atoms with van der Waals surface area (Å²) in [6.45, 7) is 0. The summed E-state index contributed by atoms with van der Waals surface area (Å²) in [5.74, 6) is 0.729. The van der Waals surface area contributed by atoms with Crippen LogP contribution in [0.25, 0.3) is 0 Å². The fourth-order valence-corrected chi connectivity index (χ4v) is 4.65. The van der Waals surface area contributed by atoms with E-state index < -0.39 is 11.5 Å². The Kier molecular flexibility index (Phi) is 3.42. The summed E-state index contributed by atoms with van der Waals surface area (Å²) in [6, 6.07) is 0. The van der Waals surface area contributed by atoms with Crippen molar-refractivity contribution in [3.05, 3.63) is 12.2 Å². The molecule has 1 N–H and O–H groups in total. The van der Waals surface area contributed by atoms with Crippen LogP contribution in [0.1, 0.15) is 44.9 Å². The van der Waals surface area contributed by atoms with Crippen molar-refractivity contribution in [2.45, 2.75) is 51.0 Å². The molecule has 0 heterocycles. The number of ether oxygens (including phenoxy) is 1. The van der Waals surface area contributed by atoms with Gasteiger partial charge >= 0.3 is 5.97 Å². The maximum Gasteiger partial charge on any atom is 0.315 e. The van der Waals surface area contributed by atoms with Crippen LogP contribution < -0.4 is 0 Å². The Labute approximate surface area is 115 Å². The molecule has 3 aliphatic rings. The molecule has 0 saturated heterocycles. The van der Waals surface area contributed by atoms with Crippen molar-refractivity contribution in [3.63, 3.8) is 0 Å². The van der Waals surface area contributed by atoms with Gasteiger partial charge in [0.1, 0.15) is 5.41 Å². The first kappa shape index (κ1) is 13.2. The summed E-state index contributed by atoms with van der Waals surface area (Å²) in [6.07, 6.45) is 11.3. The second-order valence-electron chi connectivity index (χ2n) is 6.57. The number of hydrogen-bond donors (Lipinski definition) is 1. The van der Waals surface area contributed by atoms with Crippen LogP contribution in [-0.2, 0) is 9.53 Å². The second kappa shape index (κ2) is 4.93. The number of esters is 1. The maximum atomic E-state index is 12.4. The normalized spacial score (nSPS) is 39.5. The number of aliphatic hydroxyl groups is 1. The van der Waals surface area contributed by atoms with Crippen LogP contribution in [-0.4, -0.2) is 24.3 Å². The van der Waals surface area contributed by atoms with Crippen molar-refractivity contribution in [3.8, 4) is 0 Å². The van der Waals surface area contributed by atoms with Crippen LogP contribution in [0.15, 0.2) is 12.2 Å². The molecule has 3 heteroatoms. The maximum absolute atomic E-state index is 12.4. The highest BCUT2D eigenvalue weighted by atomic mass is 16.5. The third kappa shape index (κ3) is 1.94. The molecular weight excluding hydrogens is 240 g/mol. The quantitative estimate of drug-likeness (QED) is 0.629. The van der Waals surface area contributed by atoms with Gasteiger partial charge in [-0.3, -0.25) is 4.79 Å². The van der Waals surface area contributed by atoms with Crippen molar-refractivity contribution in [2.75, 3.05) is 7.11 Å². The number of methoxy groups -OCH3 is 1. The topological polar surface area (TPSA) is 46.5 Å². The summed E-state index contributed by atoms with van der Waals surface area (Å²) < 4.78 is 5.07. The van der Waals surface area contributed by atoms with Crippen molar-refractivity contribution in [1.29, 1.82) is 0 Å². The molecule has 0 spiro atoms. The standard InChI is InChI=1S/C16H24O3/c1-19-15(18)16(10-11-7-8-13(16)9-11)14(17)12-5-3-2-4-6-12/h7-8,11-14,17H,2-6,9-10H2,1H3/t11-,13+,14-,16-/m1/s1. The monoisotopic (exact) mass is 264 g/mol. The van der Waals surface area contributed by atoms with E-state index in [1.54, 1.807) is 0 Å². The summed E-state index contributed by atoms with van der Waals surface area (Å²) in [5, 5.41) is 10.9. The molecule has 3 aliphatic carbocycles. The van der Waals surface area contributed by atoms with Gasteiger partial charge in [0.05, 0.1) is 13.2 Å². The van der Waals surface area contributed by atoms with Gasteiger partial charge < -0.3 is 9.84 Å². The molecule has 19 heavy (non-hydrogen) atoms. The SMILES string of the molecule is COC(=O)[C@]1([C@H](O)C2CCCCC2)C[C@@H]2C=C[C@H]1C2. The molecule has 4 atom stereocenters. The van der Waals surface area contributed by atoms with Gasteiger partial charge in [-0.15, -0.1) is 0 Å². The van der Waals surface area contributed by atoms with Gasteiger partial charge in [0.15, 0.2) is 0 Å². The van der Waals surface area contributed by atoms with Crippen molar-refractivity contribution < 1.29 is 14.6 Å². The average molecular weight is 264 g/mol. The summed E-state index contributed by atoms with van der Waals surface area (Å²) in [5.41, 5.74) is -0.657. The van der Waals surface area contributed by atoms with Crippen LogP contribution >= 0.6 is 0 Å². The number of allylic oxidation sites excluding steroid dienone is 2. The molecule has 0 radical (unpaired) electrons. The fourth-order valence-electron chi connectivity index (χ4n) is 4.65. The third-order valence-electron chi connectivity index (χ3n) is 5.62. The Hall–Kier alpha value is -0.830. The van der Waals surface area contributed by atoms with Crippen LogP contribution in [0.2, 0.25) is 0 Å². The molecule has 0 aliphatic heterocycles. The zero-order valence-electron chi connectivity index (χ0n) is 11.7. The zero-order chi connectivity index (χ0) is 13.5. The first-order chi connectivity index (χ1) is 9.18. The Morgan fingerprint density at radius 1 is 1.32 bits per heavy atom. The predicted octanol–water partition coefficient (Wildman–Crippen LogP) is 2.68. The van der Waals surface area contributed by atoms with Gasteiger partial charge in [-0.1, -0.05) is 31.4 Å². The Balaban J connectivity index is 1.87. The van der Waals surface area contributed by atoms with Gasteiger partial charge in [-0.05, 0) is 43.4 Å². The van der Waals surface area contributed by atoms with Crippen molar-refractivity contribution in [2.24, 2.45) is 23.2 Å². The van der Waals surface area contributed by atoms with Gasteiger partial charge in [0.25, 0.3) is 0 Å². The molecule has 0 aromatic heterocycles. The molecule has 2 fully saturated rings. The summed E-state index contributed by atoms with van der Waals surface area (Å²) in [4.78, 5) is 12.4. The highest BCUT2D eigenvalue weighted by molar-refractivity contribution is 5.79. The minimum Gasteiger partial charge on any atom is -0.468 e. The van der Waals surface area contributed by atoms with Gasteiger partial charge in [0, 0.05) is 0 Å². The zero-order valence-corrected chi connectivity index (χ0v) is 11.7. The van der Waals surface area contributed by atoms with Crippen LogP contribution in [0.5, 0.6) is 0 Å².